The summed E-state index contributed by atoms with van der Waals surface area (Å²) in [6.45, 7) is 5.31. The first-order valence-electron chi connectivity index (χ1n) is 8.00. The number of carbonyl (C=O) groups is 3. The molecule has 0 spiro atoms. The molecule has 1 aliphatic carbocycles. The number of hydrogen-bond donors (Lipinski definition) is 0. The summed E-state index contributed by atoms with van der Waals surface area (Å²) in [6.07, 6.45) is 1.09. The van der Waals surface area contributed by atoms with Crippen molar-refractivity contribution in [3.05, 3.63) is 0 Å². The summed E-state index contributed by atoms with van der Waals surface area (Å²) in [6, 6.07) is -0.247. The van der Waals surface area contributed by atoms with Crippen LogP contribution in [-0.4, -0.2) is 42.0 Å². The van der Waals surface area contributed by atoms with E-state index in [9.17, 15) is 14.4 Å². The number of halogens is 1. The second kappa shape index (κ2) is 9.71. The molecule has 1 aliphatic rings. The van der Waals surface area contributed by atoms with Gasteiger partial charge in [-0.05, 0) is 46.5 Å². The molecule has 0 radical (unpaired) electrons. The maximum absolute atomic E-state index is 11.8. The third-order valence-electron chi connectivity index (χ3n) is 3.31. The summed E-state index contributed by atoms with van der Waals surface area (Å²) in [4.78, 5) is 34.5. The third-order valence-corrected chi connectivity index (χ3v) is 3.42. The zero-order chi connectivity index (χ0) is 18.2. The van der Waals surface area contributed by atoms with Crippen molar-refractivity contribution in [3.63, 3.8) is 0 Å². The Hall–Kier alpha value is -1.50. The molecule has 0 saturated heterocycles. The van der Waals surface area contributed by atoms with Gasteiger partial charge in [0, 0.05) is 0 Å². The number of esters is 2. The van der Waals surface area contributed by atoms with Crippen LogP contribution in [0.2, 0.25) is 0 Å². The van der Waals surface area contributed by atoms with Gasteiger partial charge in [-0.25, -0.2) is 4.79 Å². The summed E-state index contributed by atoms with van der Waals surface area (Å²) in [5, 5.41) is 0. The van der Waals surface area contributed by atoms with E-state index in [0.29, 0.717) is 25.7 Å². The molecule has 1 rings (SSSR count). The highest BCUT2D eigenvalue weighted by Gasteiger charge is 2.27. The van der Waals surface area contributed by atoms with Crippen LogP contribution in [0.3, 0.4) is 0 Å². The molecule has 0 aromatic heterocycles. The quantitative estimate of drug-likeness (QED) is 0.405. The van der Waals surface area contributed by atoms with Gasteiger partial charge in [0.1, 0.15) is 17.8 Å². The van der Waals surface area contributed by atoms with E-state index in [1.54, 1.807) is 20.8 Å². The van der Waals surface area contributed by atoms with Gasteiger partial charge in [-0.15, -0.1) is 0 Å². The topological polar surface area (TPSA) is 88.1 Å². The molecule has 7 nitrogen and oxygen atoms in total. The van der Waals surface area contributed by atoms with Gasteiger partial charge >= 0.3 is 18.1 Å². The van der Waals surface area contributed by atoms with E-state index < -0.39 is 23.7 Å². The molecule has 0 aliphatic heterocycles. The number of hydrogen-bond acceptors (Lipinski definition) is 7. The fourth-order valence-electron chi connectivity index (χ4n) is 2.32. The minimum Gasteiger partial charge on any atom is -0.462 e. The lowest BCUT2D eigenvalue weighted by atomic mass is 9.95. The monoisotopic (exact) mass is 364 g/mol. The number of carbonyl (C=O) groups excluding carboxylic acids is 3. The van der Waals surface area contributed by atoms with Crippen molar-refractivity contribution in [3.8, 4) is 0 Å². The zero-order valence-electron chi connectivity index (χ0n) is 14.3. The Bertz CT molecular complexity index is 436. The van der Waals surface area contributed by atoms with Gasteiger partial charge < -0.3 is 18.9 Å². The van der Waals surface area contributed by atoms with Crippen molar-refractivity contribution in [1.29, 1.82) is 0 Å². The molecular weight excluding hydrogens is 340 g/mol. The van der Waals surface area contributed by atoms with E-state index in [1.165, 1.54) is 0 Å². The Morgan fingerprint density at radius 2 is 1.42 bits per heavy atom. The van der Waals surface area contributed by atoms with Crippen LogP contribution in [0.25, 0.3) is 0 Å². The molecule has 138 valence electrons. The smallest absolute Gasteiger partial charge is 0.462 e. The highest BCUT2D eigenvalue weighted by atomic mass is 35.5. The normalized spacial score (nSPS) is 20.8. The minimum absolute atomic E-state index is 0.00116. The van der Waals surface area contributed by atoms with E-state index in [1.807, 2.05) is 0 Å². The maximum atomic E-state index is 11.8. The molecule has 0 aromatic rings. The lowest BCUT2D eigenvalue weighted by molar-refractivity contribution is -0.160. The molecule has 0 heterocycles. The first-order valence-corrected chi connectivity index (χ1v) is 8.53. The predicted octanol–water partition coefficient (Wildman–Crippen LogP) is 3.31. The van der Waals surface area contributed by atoms with Crippen molar-refractivity contribution in [2.75, 3.05) is 6.07 Å². The van der Waals surface area contributed by atoms with Crippen LogP contribution < -0.4 is 0 Å². The van der Waals surface area contributed by atoms with Gasteiger partial charge in [-0.1, -0.05) is 11.6 Å². The third kappa shape index (κ3) is 8.96. The second-order valence-corrected chi connectivity index (χ2v) is 6.81. The Morgan fingerprint density at radius 1 is 0.917 bits per heavy atom. The van der Waals surface area contributed by atoms with Gasteiger partial charge in [-0.3, -0.25) is 9.59 Å². The molecule has 0 N–H and O–H groups in total. The molecule has 0 aromatic carbocycles. The highest BCUT2D eigenvalue weighted by molar-refractivity contribution is 6.17. The second-order valence-electron chi connectivity index (χ2n) is 6.60. The molecule has 0 unspecified atom stereocenters. The summed E-state index contributed by atoms with van der Waals surface area (Å²) in [7, 11) is 0. The van der Waals surface area contributed by atoms with E-state index >= 15 is 0 Å². The fraction of sp³-hybridized carbons (Fsp3) is 0.812. The van der Waals surface area contributed by atoms with Crippen LogP contribution in [0, 0.1) is 0 Å². The van der Waals surface area contributed by atoms with E-state index in [4.69, 9.17) is 25.8 Å². The Kier molecular flexibility index (Phi) is 8.31. The van der Waals surface area contributed by atoms with Gasteiger partial charge in [0.2, 0.25) is 0 Å². The van der Waals surface area contributed by atoms with Crippen LogP contribution in [0.15, 0.2) is 0 Å². The summed E-state index contributed by atoms with van der Waals surface area (Å²) >= 11 is 5.27. The minimum atomic E-state index is -0.789. The Labute approximate surface area is 146 Å². The molecule has 8 heteroatoms. The van der Waals surface area contributed by atoms with Gasteiger partial charge in [0.25, 0.3) is 0 Å². The lowest BCUT2D eigenvalue weighted by Crippen LogP contribution is -2.30. The standard InChI is InChI=1S/C16H25ClO7/c1-16(2,3)24-14(19)9-8-13(18)22-11-4-6-12(7-5-11)23-15(20)21-10-17/h11-12H,4-10H2,1-3H3/t11-,12+. The lowest BCUT2D eigenvalue weighted by Gasteiger charge is -2.27. The molecule has 0 atom stereocenters. The molecule has 0 amide bonds. The van der Waals surface area contributed by atoms with Gasteiger partial charge in [-0.2, -0.15) is 0 Å². The first kappa shape index (κ1) is 20.5. The molecule has 1 fully saturated rings. The summed E-state index contributed by atoms with van der Waals surface area (Å²) < 4.78 is 20.0. The van der Waals surface area contributed by atoms with Crippen LogP contribution in [-0.2, 0) is 28.5 Å². The molecule has 0 bridgehead atoms. The largest absolute Gasteiger partial charge is 0.509 e. The average Bonchev–Trinajstić information content (AvgIpc) is 2.46. The van der Waals surface area contributed by atoms with Crippen molar-refractivity contribution < 1.29 is 33.3 Å². The first-order chi connectivity index (χ1) is 11.2. The predicted molar refractivity (Wildman–Crippen MR) is 85.5 cm³/mol. The molecular formula is C16H25ClO7. The Balaban J connectivity index is 2.21. The molecule has 1 saturated carbocycles. The SMILES string of the molecule is CC(C)(C)OC(=O)CCC(=O)O[C@H]1CC[C@@H](OC(=O)OCCl)CC1. The number of alkyl halides is 1. The highest BCUT2D eigenvalue weighted by Crippen LogP contribution is 2.24. The summed E-state index contributed by atoms with van der Waals surface area (Å²) in [5.74, 6) is -0.846. The van der Waals surface area contributed by atoms with Crippen LogP contribution in [0.1, 0.15) is 59.3 Å². The van der Waals surface area contributed by atoms with Crippen molar-refractivity contribution in [2.45, 2.75) is 77.1 Å². The van der Waals surface area contributed by atoms with Crippen LogP contribution in [0.4, 0.5) is 4.79 Å². The maximum Gasteiger partial charge on any atom is 0.509 e. The van der Waals surface area contributed by atoms with Crippen molar-refractivity contribution in [2.24, 2.45) is 0 Å². The average molecular weight is 365 g/mol. The van der Waals surface area contributed by atoms with Crippen molar-refractivity contribution >= 4 is 29.7 Å². The zero-order valence-corrected chi connectivity index (χ0v) is 15.1. The van der Waals surface area contributed by atoms with Crippen LogP contribution >= 0.6 is 11.6 Å². The van der Waals surface area contributed by atoms with E-state index in [-0.39, 0.29) is 31.1 Å². The Morgan fingerprint density at radius 3 is 1.92 bits per heavy atom. The van der Waals surface area contributed by atoms with Gasteiger partial charge in [0.15, 0.2) is 6.07 Å². The van der Waals surface area contributed by atoms with Gasteiger partial charge in [0.05, 0.1) is 12.8 Å². The summed E-state index contributed by atoms with van der Waals surface area (Å²) in [5.41, 5.74) is -0.565. The number of rotatable bonds is 6. The van der Waals surface area contributed by atoms with Crippen LogP contribution in [0.5, 0.6) is 0 Å². The van der Waals surface area contributed by atoms with E-state index in [0.717, 1.165) is 0 Å². The van der Waals surface area contributed by atoms with E-state index in [2.05, 4.69) is 4.74 Å². The number of ether oxygens (including phenoxy) is 4. The molecule has 24 heavy (non-hydrogen) atoms. The van der Waals surface area contributed by atoms with Crippen molar-refractivity contribution in [1.82, 2.24) is 0 Å². The fourth-order valence-corrected chi connectivity index (χ4v) is 2.41.